The lowest BCUT2D eigenvalue weighted by Gasteiger charge is -2.24. The topological polar surface area (TPSA) is 83.6 Å². The van der Waals surface area contributed by atoms with Crippen molar-refractivity contribution in [3.63, 3.8) is 0 Å². The SMILES string of the molecule is NC(C(=O)N(CC(=O)O)C1CC1)c1ccccc1. The van der Waals surface area contributed by atoms with Gasteiger partial charge in [-0.2, -0.15) is 0 Å². The molecule has 18 heavy (non-hydrogen) atoms. The number of amides is 1. The Morgan fingerprint density at radius 3 is 2.44 bits per heavy atom. The second-order valence-corrected chi connectivity index (χ2v) is 4.48. The molecule has 0 aromatic heterocycles. The molecule has 0 aliphatic heterocycles. The summed E-state index contributed by atoms with van der Waals surface area (Å²) in [6.07, 6.45) is 1.72. The van der Waals surface area contributed by atoms with E-state index in [1.54, 1.807) is 24.3 Å². The zero-order chi connectivity index (χ0) is 13.1. The molecule has 0 spiro atoms. The Morgan fingerprint density at radius 2 is 1.94 bits per heavy atom. The van der Waals surface area contributed by atoms with Crippen LogP contribution in [0.15, 0.2) is 30.3 Å². The zero-order valence-electron chi connectivity index (χ0n) is 9.95. The molecule has 5 heteroatoms. The van der Waals surface area contributed by atoms with Gasteiger partial charge in [-0.25, -0.2) is 0 Å². The van der Waals surface area contributed by atoms with Gasteiger partial charge in [0.2, 0.25) is 5.91 Å². The van der Waals surface area contributed by atoms with Gasteiger partial charge in [0.25, 0.3) is 0 Å². The first-order chi connectivity index (χ1) is 8.59. The standard InChI is InChI=1S/C13H16N2O3/c14-12(9-4-2-1-3-5-9)13(18)15(8-11(16)17)10-6-7-10/h1-5,10,12H,6-8,14H2,(H,16,17). The van der Waals surface area contributed by atoms with Gasteiger partial charge in [-0.1, -0.05) is 30.3 Å². The number of rotatable bonds is 5. The number of benzene rings is 1. The Labute approximate surface area is 105 Å². The number of carboxylic acids is 1. The summed E-state index contributed by atoms with van der Waals surface area (Å²) in [5.41, 5.74) is 6.60. The monoisotopic (exact) mass is 248 g/mol. The van der Waals surface area contributed by atoms with Crippen molar-refractivity contribution in [2.75, 3.05) is 6.54 Å². The van der Waals surface area contributed by atoms with Crippen LogP contribution in [0.2, 0.25) is 0 Å². The van der Waals surface area contributed by atoms with Crippen LogP contribution in [0.25, 0.3) is 0 Å². The summed E-state index contributed by atoms with van der Waals surface area (Å²) in [6.45, 7) is -0.274. The van der Waals surface area contributed by atoms with E-state index in [0.29, 0.717) is 5.56 Å². The lowest BCUT2D eigenvalue weighted by molar-refractivity contribution is -0.145. The summed E-state index contributed by atoms with van der Waals surface area (Å²) in [6, 6.07) is 8.26. The number of carbonyl (C=O) groups is 2. The molecule has 0 radical (unpaired) electrons. The minimum Gasteiger partial charge on any atom is -0.480 e. The van der Waals surface area contributed by atoms with E-state index in [0.717, 1.165) is 12.8 Å². The summed E-state index contributed by atoms with van der Waals surface area (Å²) in [5, 5.41) is 8.83. The molecule has 1 fully saturated rings. The van der Waals surface area contributed by atoms with E-state index in [1.807, 2.05) is 6.07 Å². The fourth-order valence-corrected chi connectivity index (χ4v) is 1.90. The highest BCUT2D eigenvalue weighted by Crippen LogP contribution is 2.28. The van der Waals surface area contributed by atoms with Crippen molar-refractivity contribution in [2.45, 2.75) is 24.9 Å². The van der Waals surface area contributed by atoms with Gasteiger partial charge in [-0.05, 0) is 18.4 Å². The van der Waals surface area contributed by atoms with E-state index < -0.39 is 12.0 Å². The molecule has 0 bridgehead atoms. The van der Waals surface area contributed by atoms with E-state index in [1.165, 1.54) is 4.90 Å². The number of nitrogens with zero attached hydrogens (tertiary/aromatic N) is 1. The van der Waals surface area contributed by atoms with E-state index in [9.17, 15) is 9.59 Å². The fourth-order valence-electron chi connectivity index (χ4n) is 1.90. The van der Waals surface area contributed by atoms with Crippen LogP contribution in [-0.2, 0) is 9.59 Å². The molecule has 3 N–H and O–H groups in total. The maximum atomic E-state index is 12.2. The molecule has 1 aromatic rings. The van der Waals surface area contributed by atoms with Crippen molar-refractivity contribution < 1.29 is 14.7 Å². The predicted molar refractivity (Wildman–Crippen MR) is 65.7 cm³/mol. The average molecular weight is 248 g/mol. The van der Waals surface area contributed by atoms with Gasteiger partial charge < -0.3 is 15.7 Å². The summed E-state index contributed by atoms with van der Waals surface area (Å²) < 4.78 is 0. The lowest BCUT2D eigenvalue weighted by atomic mass is 10.1. The summed E-state index contributed by atoms with van der Waals surface area (Å²) in [7, 11) is 0. The van der Waals surface area contributed by atoms with Gasteiger partial charge in [0, 0.05) is 6.04 Å². The highest BCUT2D eigenvalue weighted by atomic mass is 16.4. The number of hydrogen-bond donors (Lipinski definition) is 2. The maximum Gasteiger partial charge on any atom is 0.323 e. The minimum absolute atomic E-state index is 0.0448. The maximum absolute atomic E-state index is 12.2. The molecule has 1 saturated carbocycles. The quantitative estimate of drug-likeness (QED) is 0.805. The third-order valence-corrected chi connectivity index (χ3v) is 3.00. The van der Waals surface area contributed by atoms with Gasteiger partial charge in [0.1, 0.15) is 12.6 Å². The molecule has 96 valence electrons. The molecule has 1 atom stereocenters. The molecule has 1 aromatic carbocycles. The van der Waals surface area contributed by atoms with Gasteiger partial charge in [-0.15, -0.1) is 0 Å². The van der Waals surface area contributed by atoms with Crippen LogP contribution in [0.1, 0.15) is 24.4 Å². The van der Waals surface area contributed by atoms with Crippen molar-refractivity contribution >= 4 is 11.9 Å². The first-order valence-electron chi connectivity index (χ1n) is 5.92. The van der Waals surface area contributed by atoms with Crippen LogP contribution in [0.3, 0.4) is 0 Å². The van der Waals surface area contributed by atoms with Gasteiger partial charge in [0.15, 0.2) is 0 Å². The summed E-state index contributed by atoms with van der Waals surface area (Å²) in [5.74, 6) is -1.32. The largest absolute Gasteiger partial charge is 0.480 e. The van der Waals surface area contributed by atoms with Gasteiger partial charge in [-0.3, -0.25) is 9.59 Å². The second-order valence-electron chi connectivity index (χ2n) is 4.48. The van der Waals surface area contributed by atoms with Crippen LogP contribution in [0.4, 0.5) is 0 Å². The molecular weight excluding hydrogens is 232 g/mol. The van der Waals surface area contributed by atoms with Crippen molar-refractivity contribution in [1.29, 1.82) is 0 Å². The van der Waals surface area contributed by atoms with E-state index in [-0.39, 0.29) is 18.5 Å². The fraction of sp³-hybridized carbons (Fsp3) is 0.385. The zero-order valence-corrected chi connectivity index (χ0v) is 9.95. The molecule has 0 heterocycles. The number of aliphatic carboxylic acids is 1. The highest BCUT2D eigenvalue weighted by Gasteiger charge is 2.36. The van der Waals surface area contributed by atoms with Crippen LogP contribution in [0.5, 0.6) is 0 Å². The molecule has 1 unspecified atom stereocenters. The summed E-state index contributed by atoms with van der Waals surface area (Å²) >= 11 is 0. The van der Waals surface area contributed by atoms with Crippen molar-refractivity contribution in [3.8, 4) is 0 Å². The van der Waals surface area contributed by atoms with E-state index in [2.05, 4.69) is 0 Å². The average Bonchev–Trinajstić information content (AvgIpc) is 3.19. The Hall–Kier alpha value is -1.88. The summed E-state index contributed by atoms with van der Waals surface area (Å²) in [4.78, 5) is 24.3. The Bertz CT molecular complexity index is 443. The molecule has 1 amide bonds. The Kier molecular flexibility index (Phi) is 3.62. The number of nitrogens with two attached hydrogens (primary N) is 1. The minimum atomic E-state index is -1.00. The third kappa shape index (κ3) is 2.87. The van der Waals surface area contributed by atoms with Crippen LogP contribution in [0, 0.1) is 0 Å². The van der Waals surface area contributed by atoms with Crippen LogP contribution in [-0.4, -0.2) is 34.5 Å². The Morgan fingerprint density at radius 1 is 1.33 bits per heavy atom. The number of carbonyl (C=O) groups excluding carboxylic acids is 1. The molecule has 0 saturated heterocycles. The first kappa shape index (κ1) is 12.6. The first-order valence-corrected chi connectivity index (χ1v) is 5.92. The van der Waals surface area contributed by atoms with Crippen molar-refractivity contribution in [1.82, 2.24) is 4.90 Å². The van der Waals surface area contributed by atoms with Crippen molar-refractivity contribution in [2.24, 2.45) is 5.73 Å². The molecule has 2 rings (SSSR count). The van der Waals surface area contributed by atoms with Gasteiger partial charge in [0.05, 0.1) is 0 Å². The second kappa shape index (κ2) is 5.18. The van der Waals surface area contributed by atoms with Crippen LogP contribution >= 0.6 is 0 Å². The smallest absolute Gasteiger partial charge is 0.323 e. The third-order valence-electron chi connectivity index (χ3n) is 3.00. The molecule has 1 aliphatic carbocycles. The molecule has 5 nitrogen and oxygen atoms in total. The van der Waals surface area contributed by atoms with Crippen LogP contribution < -0.4 is 5.73 Å². The number of carboxylic acid groups (broad SMARTS) is 1. The highest BCUT2D eigenvalue weighted by molar-refractivity contribution is 5.86. The predicted octanol–water partition coefficient (Wildman–Crippen LogP) is 0.762. The van der Waals surface area contributed by atoms with Crippen molar-refractivity contribution in [3.05, 3.63) is 35.9 Å². The Balaban J connectivity index is 2.10. The van der Waals surface area contributed by atoms with Gasteiger partial charge >= 0.3 is 5.97 Å². The van der Waals surface area contributed by atoms with E-state index in [4.69, 9.17) is 10.8 Å². The number of hydrogen-bond acceptors (Lipinski definition) is 3. The molecule has 1 aliphatic rings. The van der Waals surface area contributed by atoms with E-state index >= 15 is 0 Å². The lowest BCUT2D eigenvalue weighted by Crippen LogP contribution is -2.42. The molecular formula is C13H16N2O3. The normalized spacial score (nSPS) is 16.1.